The Bertz CT molecular complexity index is 591. The van der Waals surface area contributed by atoms with E-state index >= 15 is 0 Å². The van der Waals surface area contributed by atoms with Crippen molar-refractivity contribution in [1.29, 1.82) is 0 Å². The Kier molecular flexibility index (Phi) is 7.10. The molecule has 132 valence electrons. The predicted molar refractivity (Wildman–Crippen MR) is 98.7 cm³/mol. The van der Waals surface area contributed by atoms with E-state index < -0.39 is 6.10 Å². The summed E-state index contributed by atoms with van der Waals surface area (Å²) in [6.45, 7) is 5.86. The topological polar surface area (TPSA) is 50.7 Å². The number of benzene rings is 1. The maximum atomic E-state index is 12.2. The molecule has 1 aliphatic rings. The highest BCUT2D eigenvalue weighted by Crippen LogP contribution is 2.26. The number of aryl methyl sites for hydroxylation is 1. The molecule has 1 N–H and O–H groups in total. The van der Waals surface area contributed by atoms with Gasteiger partial charge in [0.1, 0.15) is 5.75 Å². The van der Waals surface area contributed by atoms with Crippen molar-refractivity contribution in [2.45, 2.75) is 65.4 Å². The van der Waals surface area contributed by atoms with Gasteiger partial charge in [-0.1, -0.05) is 31.4 Å². The van der Waals surface area contributed by atoms with Crippen LogP contribution in [-0.2, 0) is 4.79 Å². The van der Waals surface area contributed by atoms with Crippen molar-refractivity contribution in [3.63, 3.8) is 0 Å². The van der Waals surface area contributed by atoms with E-state index in [1.165, 1.54) is 25.7 Å². The number of hydrogen-bond donors (Lipinski definition) is 1. The van der Waals surface area contributed by atoms with Crippen LogP contribution in [0.3, 0.4) is 0 Å². The number of hydrazone groups is 1. The second kappa shape index (κ2) is 9.07. The zero-order valence-corrected chi connectivity index (χ0v) is 15.5. The third-order valence-electron chi connectivity index (χ3n) is 4.51. The van der Waals surface area contributed by atoms with E-state index in [2.05, 4.69) is 17.5 Å². The van der Waals surface area contributed by atoms with E-state index in [4.69, 9.17) is 16.3 Å². The summed E-state index contributed by atoms with van der Waals surface area (Å²) >= 11 is 5.93. The van der Waals surface area contributed by atoms with Gasteiger partial charge in [0.2, 0.25) is 0 Å². The van der Waals surface area contributed by atoms with Gasteiger partial charge in [0.05, 0.1) is 0 Å². The summed E-state index contributed by atoms with van der Waals surface area (Å²) in [5.41, 5.74) is 4.64. The largest absolute Gasteiger partial charge is 0.481 e. The van der Waals surface area contributed by atoms with E-state index in [0.29, 0.717) is 10.8 Å². The van der Waals surface area contributed by atoms with Crippen molar-refractivity contribution in [3.05, 3.63) is 28.8 Å². The normalized spacial score (nSPS) is 18.8. The number of carbonyl (C=O) groups excluding carboxylic acids is 1. The average Bonchev–Trinajstić information content (AvgIpc) is 2.56. The monoisotopic (exact) mass is 350 g/mol. The SMILES string of the molecule is CCCC1CCC(=NNC(=O)C(C)Oc2ccc(Cl)cc2C)CC1. The molecule has 1 aliphatic carbocycles. The quantitative estimate of drug-likeness (QED) is 0.743. The summed E-state index contributed by atoms with van der Waals surface area (Å²) < 4.78 is 5.71. The number of rotatable bonds is 6. The molecule has 1 atom stereocenters. The fraction of sp³-hybridized carbons (Fsp3) is 0.579. The Balaban J connectivity index is 1.82. The first-order chi connectivity index (χ1) is 11.5. The molecular weight excluding hydrogens is 324 g/mol. The van der Waals surface area contributed by atoms with Gasteiger partial charge in [-0.05, 0) is 69.2 Å². The Hall–Kier alpha value is -1.55. The molecule has 1 amide bonds. The molecule has 24 heavy (non-hydrogen) atoms. The first kappa shape index (κ1) is 18.8. The zero-order valence-electron chi connectivity index (χ0n) is 14.8. The summed E-state index contributed by atoms with van der Waals surface area (Å²) in [6, 6.07) is 5.35. The Morgan fingerprint density at radius 3 is 2.75 bits per heavy atom. The summed E-state index contributed by atoms with van der Waals surface area (Å²) in [6.07, 6.45) is 6.26. The van der Waals surface area contributed by atoms with Gasteiger partial charge in [-0.2, -0.15) is 5.10 Å². The minimum atomic E-state index is -0.606. The van der Waals surface area contributed by atoms with Gasteiger partial charge in [0, 0.05) is 10.7 Å². The molecule has 1 saturated carbocycles. The minimum Gasteiger partial charge on any atom is -0.481 e. The maximum Gasteiger partial charge on any atom is 0.280 e. The molecule has 1 fully saturated rings. The van der Waals surface area contributed by atoms with Crippen molar-refractivity contribution in [2.24, 2.45) is 11.0 Å². The third-order valence-corrected chi connectivity index (χ3v) is 4.75. The van der Waals surface area contributed by atoms with Crippen molar-refractivity contribution in [3.8, 4) is 5.75 Å². The van der Waals surface area contributed by atoms with Crippen molar-refractivity contribution in [2.75, 3.05) is 0 Å². The molecule has 4 nitrogen and oxygen atoms in total. The van der Waals surface area contributed by atoms with Crippen molar-refractivity contribution >= 4 is 23.2 Å². The zero-order chi connectivity index (χ0) is 17.5. The van der Waals surface area contributed by atoms with E-state index in [1.54, 1.807) is 19.1 Å². The van der Waals surface area contributed by atoms with Gasteiger partial charge < -0.3 is 4.74 Å². The molecule has 2 rings (SSSR count). The molecule has 0 bridgehead atoms. The first-order valence-corrected chi connectivity index (χ1v) is 9.15. The Morgan fingerprint density at radius 2 is 2.12 bits per heavy atom. The maximum absolute atomic E-state index is 12.2. The first-order valence-electron chi connectivity index (χ1n) is 8.77. The Labute approximate surface area is 149 Å². The molecule has 5 heteroatoms. The van der Waals surface area contributed by atoms with Crippen LogP contribution in [0.25, 0.3) is 0 Å². The second-order valence-corrected chi connectivity index (χ2v) is 6.99. The van der Waals surface area contributed by atoms with Crippen LogP contribution in [0, 0.1) is 12.8 Å². The van der Waals surface area contributed by atoms with E-state index in [9.17, 15) is 4.79 Å². The van der Waals surface area contributed by atoms with Gasteiger partial charge in [-0.15, -0.1) is 0 Å². The average molecular weight is 351 g/mol. The fourth-order valence-electron chi connectivity index (χ4n) is 3.03. The summed E-state index contributed by atoms with van der Waals surface area (Å²) in [5, 5.41) is 4.95. The van der Waals surface area contributed by atoms with Crippen molar-refractivity contribution in [1.82, 2.24) is 5.43 Å². The summed E-state index contributed by atoms with van der Waals surface area (Å²) in [7, 11) is 0. The number of halogens is 1. The molecule has 0 aromatic heterocycles. The number of ether oxygens (including phenoxy) is 1. The highest BCUT2D eigenvalue weighted by molar-refractivity contribution is 6.30. The molecule has 0 aliphatic heterocycles. The molecule has 1 aromatic rings. The van der Waals surface area contributed by atoms with Gasteiger partial charge >= 0.3 is 0 Å². The number of amides is 1. The van der Waals surface area contributed by atoms with Gasteiger partial charge in [-0.25, -0.2) is 5.43 Å². The van der Waals surface area contributed by atoms with Crippen LogP contribution in [-0.4, -0.2) is 17.7 Å². The van der Waals surface area contributed by atoms with E-state index in [1.807, 2.05) is 13.0 Å². The minimum absolute atomic E-state index is 0.229. The molecule has 1 unspecified atom stereocenters. The van der Waals surface area contributed by atoms with Crippen LogP contribution in [0.4, 0.5) is 0 Å². The van der Waals surface area contributed by atoms with Crippen LogP contribution in [0.1, 0.15) is 57.9 Å². The molecule has 0 spiro atoms. The fourth-order valence-corrected chi connectivity index (χ4v) is 3.26. The van der Waals surface area contributed by atoms with Crippen LogP contribution < -0.4 is 10.2 Å². The lowest BCUT2D eigenvalue weighted by Crippen LogP contribution is -2.34. The van der Waals surface area contributed by atoms with Gasteiger partial charge in [-0.3, -0.25) is 4.79 Å². The van der Waals surface area contributed by atoms with Crippen LogP contribution >= 0.6 is 11.6 Å². The number of carbonyl (C=O) groups is 1. The van der Waals surface area contributed by atoms with Crippen LogP contribution in [0.5, 0.6) is 5.75 Å². The molecule has 1 aromatic carbocycles. The standard InChI is InChI=1S/C19H27ClN2O2/c1-4-5-15-6-9-17(10-7-15)21-22-19(23)14(3)24-18-11-8-16(20)12-13(18)2/h8,11-12,14-15H,4-7,9-10H2,1-3H3,(H,22,23). The summed E-state index contributed by atoms with van der Waals surface area (Å²) in [5.74, 6) is 1.25. The molecule has 0 saturated heterocycles. The third kappa shape index (κ3) is 5.52. The lowest BCUT2D eigenvalue weighted by molar-refractivity contribution is -0.127. The number of hydrogen-bond acceptors (Lipinski definition) is 3. The van der Waals surface area contributed by atoms with E-state index in [-0.39, 0.29) is 5.91 Å². The summed E-state index contributed by atoms with van der Waals surface area (Å²) in [4.78, 5) is 12.2. The second-order valence-electron chi connectivity index (χ2n) is 6.56. The van der Waals surface area contributed by atoms with Crippen LogP contribution in [0.15, 0.2) is 23.3 Å². The number of nitrogens with zero attached hydrogens (tertiary/aromatic N) is 1. The van der Waals surface area contributed by atoms with E-state index in [0.717, 1.165) is 30.0 Å². The lowest BCUT2D eigenvalue weighted by atomic mass is 9.85. The number of nitrogens with one attached hydrogen (secondary N) is 1. The molecule has 0 heterocycles. The molecule has 0 radical (unpaired) electrons. The Morgan fingerprint density at radius 1 is 1.42 bits per heavy atom. The van der Waals surface area contributed by atoms with Crippen molar-refractivity contribution < 1.29 is 9.53 Å². The lowest BCUT2D eigenvalue weighted by Gasteiger charge is -2.22. The van der Waals surface area contributed by atoms with Crippen LogP contribution in [0.2, 0.25) is 5.02 Å². The van der Waals surface area contributed by atoms with Gasteiger partial charge in [0.15, 0.2) is 6.10 Å². The predicted octanol–water partition coefficient (Wildman–Crippen LogP) is 4.88. The highest BCUT2D eigenvalue weighted by atomic mass is 35.5. The molecular formula is C19H27ClN2O2. The smallest absolute Gasteiger partial charge is 0.280 e. The highest BCUT2D eigenvalue weighted by Gasteiger charge is 2.19. The van der Waals surface area contributed by atoms with Gasteiger partial charge in [0.25, 0.3) is 5.91 Å².